The van der Waals surface area contributed by atoms with Gasteiger partial charge in [-0.15, -0.1) is 0 Å². The second-order valence-electron chi connectivity index (χ2n) is 4.72. The first-order valence-electron chi connectivity index (χ1n) is 5.31. The molecule has 104 valence electrons. The molecule has 0 aliphatic rings. The Balaban J connectivity index is 3.38. The van der Waals surface area contributed by atoms with Crippen LogP contribution < -0.4 is 5.06 Å². The number of carbonyl (C=O) groups excluding carboxylic acids is 1. The summed E-state index contributed by atoms with van der Waals surface area (Å²) in [4.78, 5) is 27.7. The highest BCUT2D eigenvalue weighted by molar-refractivity contribution is 6.37. The number of carbonyl (C=O) groups is 2. The molecule has 19 heavy (non-hydrogen) atoms. The molecule has 0 radical (unpaired) electrons. The number of amides is 1. The van der Waals surface area contributed by atoms with E-state index in [9.17, 15) is 9.59 Å². The van der Waals surface area contributed by atoms with Crippen LogP contribution in [0.25, 0.3) is 0 Å². The number of halogens is 2. The Morgan fingerprint density at radius 1 is 1.37 bits per heavy atom. The molecule has 1 N–H and O–H groups in total. The highest BCUT2D eigenvalue weighted by Gasteiger charge is 2.25. The lowest BCUT2D eigenvalue weighted by Gasteiger charge is -2.28. The number of carboxylic acids is 1. The topological polar surface area (TPSA) is 66.8 Å². The van der Waals surface area contributed by atoms with E-state index in [0.29, 0.717) is 6.41 Å². The number of benzene rings is 1. The molecule has 1 amide bonds. The fourth-order valence-electron chi connectivity index (χ4n) is 1.37. The van der Waals surface area contributed by atoms with Gasteiger partial charge in [-0.3, -0.25) is 9.63 Å². The second kappa shape index (κ2) is 5.77. The van der Waals surface area contributed by atoms with Crippen LogP contribution >= 0.6 is 23.2 Å². The predicted molar refractivity (Wildman–Crippen MR) is 72.8 cm³/mol. The van der Waals surface area contributed by atoms with Crippen molar-refractivity contribution in [3.63, 3.8) is 0 Å². The Morgan fingerprint density at radius 2 is 1.95 bits per heavy atom. The van der Waals surface area contributed by atoms with Crippen molar-refractivity contribution in [2.24, 2.45) is 0 Å². The summed E-state index contributed by atoms with van der Waals surface area (Å²) in [6.45, 7) is 5.15. The van der Waals surface area contributed by atoms with Crippen LogP contribution in [-0.4, -0.2) is 23.1 Å². The van der Waals surface area contributed by atoms with E-state index in [-0.39, 0.29) is 21.3 Å². The summed E-state index contributed by atoms with van der Waals surface area (Å²) in [7, 11) is 0. The van der Waals surface area contributed by atoms with E-state index in [4.69, 9.17) is 33.1 Å². The Bertz CT molecular complexity index is 511. The molecular formula is C12H13Cl2NO4. The van der Waals surface area contributed by atoms with Crippen LogP contribution in [0.15, 0.2) is 12.1 Å². The van der Waals surface area contributed by atoms with Crippen LogP contribution in [0.2, 0.25) is 10.0 Å². The van der Waals surface area contributed by atoms with Crippen molar-refractivity contribution < 1.29 is 19.5 Å². The average Bonchev–Trinajstić information content (AvgIpc) is 2.24. The summed E-state index contributed by atoms with van der Waals surface area (Å²) in [5, 5.41) is 10.1. The zero-order valence-corrected chi connectivity index (χ0v) is 12.1. The van der Waals surface area contributed by atoms with E-state index in [1.54, 1.807) is 20.8 Å². The Kier molecular flexibility index (Phi) is 4.79. The maximum atomic E-state index is 11.2. The van der Waals surface area contributed by atoms with Crippen LogP contribution in [0.1, 0.15) is 31.1 Å². The van der Waals surface area contributed by atoms with Gasteiger partial charge in [0.2, 0.25) is 6.41 Å². The Hall–Kier alpha value is -1.30. The number of rotatable bonds is 4. The molecule has 0 fully saturated rings. The lowest BCUT2D eigenvalue weighted by atomic mass is 10.1. The summed E-state index contributed by atoms with van der Waals surface area (Å²) < 4.78 is 0. The number of anilines is 1. The fourth-order valence-corrected chi connectivity index (χ4v) is 1.94. The number of hydrogen-bond donors (Lipinski definition) is 1. The first-order chi connectivity index (χ1) is 8.65. The lowest BCUT2D eigenvalue weighted by molar-refractivity contribution is -0.120. The molecule has 1 aromatic rings. The standard InChI is InChI=1S/C12H13Cl2NO4/c1-12(2,3)19-15(6-16)10-8(11(17)18)4-7(13)5-9(10)14/h4-6H,1-3H3,(H,17,18). The smallest absolute Gasteiger partial charge is 0.338 e. The molecule has 0 aromatic heterocycles. The minimum atomic E-state index is -1.26. The van der Waals surface area contributed by atoms with E-state index in [2.05, 4.69) is 0 Å². The minimum Gasteiger partial charge on any atom is -0.478 e. The molecule has 0 unspecified atom stereocenters. The summed E-state index contributed by atoms with van der Waals surface area (Å²) in [5.41, 5.74) is -0.961. The van der Waals surface area contributed by atoms with E-state index >= 15 is 0 Å². The quantitative estimate of drug-likeness (QED) is 0.684. The number of nitrogens with zero attached hydrogens (tertiary/aromatic N) is 1. The second-order valence-corrected chi connectivity index (χ2v) is 5.57. The van der Waals surface area contributed by atoms with E-state index < -0.39 is 11.6 Å². The third-order valence-electron chi connectivity index (χ3n) is 1.95. The number of hydroxylamine groups is 1. The van der Waals surface area contributed by atoms with Gasteiger partial charge in [-0.05, 0) is 32.9 Å². The summed E-state index contributed by atoms with van der Waals surface area (Å²) in [6, 6.07) is 2.54. The molecule has 5 nitrogen and oxygen atoms in total. The van der Waals surface area contributed by atoms with Gasteiger partial charge in [0.05, 0.1) is 16.2 Å². The van der Waals surface area contributed by atoms with Gasteiger partial charge in [0, 0.05) is 5.02 Å². The minimum absolute atomic E-state index is 0.0150. The maximum Gasteiger partial charge on any atom is 0.338 e. The van der Waals surface area contributed by atoms with Crippen molar-refractivity contribution in [1.82, 2.24) is 0 Å². The molecule has 0 atom stereocenters. The first kappa shape index (κ1) is 15.8. The average molecular weight is 306 g/mol. The zero-order chi connectivity index (χ0) is 14.8. The van der Waals surface area contributed by atoms with Crippen molar-refractivity contribution in [3.05, 3.63) is 27.7 Å². The Morgan fingerprint density at radius 3 is 2.37 bits per heavy atom. The monoisotopic (exact) mass is 305 g/mol. The third kappa shape index (κ3) is 4.09. The van der Waals surface area contributed by atoms with Crippen LogP contribution in [0, 0.1) is 0 Å². The molecule has 0 aliphatic carbocycles. The van der Waals surface area contributed by atoms with E-state index in [1.807, 2.05) is 0 Å². The van der Waals surface area contributed by atoms with Crippen molar-refractivity contribution in [1.29, 1.82) is 0 Å². The number of carboxylic acid groups (broad SMARTS) is 1. The Labute approximate surface area is 120 Å². The summed E-state index contributed by atoms with van der Waals surface area (Å²) in [6.07, 6.45) is 0.354. The highest BCUT2D eigenvalue weighted by atomic mass is 35.5. The van der Waals surface area contributed by atoms with Gasteiger partial charge in [-0.2, -0.15) is 5.06 Å². The third-order valence-corrected chi connectivity index (χ3v) is 2.45. The highest BCUT2D eigenvalue weighted by Crippen LogP contribution is 2.34. The normalized spacial score (nSPS) is 11.2. The molecule has 0 heterocycles. The molecule has 0 spiro atoms. The van der Waals surface area contributed by atoms with Crippen LogP contribution in [0.5, 0.6) is 0 Å². The zero-order valence-electron chi connectivity index (χ0n) is 10.6. The molecular weight excluding hydrogens is 293 g/mol. The van der Waals surface area contributed by atoms with Gasteiger partial charge < -0.3 is 5.11 Å². The lowest BCUT2D eigenvalue weighted by Crippen LogP contribution is -2.34. The largest absolute Gasteiger partial charge is 0.478 e. The van der Waals surface area contributed by atoms with Gasteiger partial charge in [0.15, 0.2) is 0 Å². The molecule has 0 saturated heterocycles. The molecule has 0 saturated carbocycles. The van der Waals surface area contributed by atoms with Gasteiger partial charge in [0.25, 0.3) is 0 Å². The number of hydrogen-bond acceptors (Lipinski definition) is 3. The van der Waals surface area contributed by atoms with Crippen LogP contribution in [-0.2, 0) is 9.63 Å². The SMILES string of the molecule is CC(C)(C)ON(C=O)c1c(Cl)cc(Cl)cc1C(=O)O. The van der Waals surface area contributed by atoms with E-state index in [1.165, 1.54) is 12.1 Å². The van der Waals surface area contributed by atoms with Crippen molar-refractivity contribution >= 4 is 41.3 Å². The fraction of sp³-hybridized carbons (Fsp3) is 0.333. The van der Waals surface area contributed by atoms with Gasteiger partial charge >= 0.3 is 5.97 Å². The predicted octanol–water partition coefficient (Wildman–Crippen LogP) is 3.38. The van der Waals surface area contributed by atoms with Crippen molar-refractivity contribution in [3.8, 4) is 0 Å². The van der Waals surface area contributed by atoms with Crippen LogP contribution in [0.3, 0.4) is 0 Å². The maximum absolute atomic E-state index is 11.2. The molecule has 7 heteroatoms. The molecule has 1 aromatic carbocycles. The summed E-state index contributed by atoms with van der Waals surface area (Å²) >= 11 is 11.7. The van der Waals surface area contributed by atoms with E-state index in [0.717, 1.165) is 5.06 Å². The number of aromatic carboxylic acids is 1. The first-order valence-corrected chi connectivity index (χ1v) is 6.07. The van der Waals surface area contributed by atoms with Crippen LogP contribution in [0.4, 0.5) is 5.69 Å². The molecule has 0 aliphatic heterocycles. The molecule has 0 bridgehead atoms. The van der Waals surface area contributed by atoms with Gasteiger partial charge in [0.1, 0.15) is 5.69 Å². The van der Waals surface area contributed by atoms with Crippen molar-refractivity contribution in [2.75, 3.05) is 5.06 Å². The van der Waals surface area contributed by atoms with Crippen molar-refractivity contribution in [2.45, 2.75) is 26.4 Å². The van der Waals surface area contributed by atoms with Gasteiger partial charge in [-0.1, -0.05) is 23.2 Å². The summed E-state index contributed by atoms with van der Waals surface area (Å²) in [5.74, 6) is -1.26. The van der Waals surface area contributed by atoms with Gasteiger partial charge in [-0.25, -0.2) is 4.79 Å². The molecule has 1 rings (SSSR count).